The van der Waals surface area contributed by atoms with Crippen LogP contribution in [0.4, 0.5) is 0 Å². The highest BCUT2D eigenvalue weighted by Gasteiger charge is 2.40. The second kappa shape index (κ2) is 7.39. The molecule has 1 aliphatic carbocycles. The quantitative estimate of drug-likeness (QED) is 0.599. The molecule has 5 rings (SSSR count). The fourth-order valence-corrected chi connectivity index (χ4v) is 5.47. The number of aromatic nitrogens is 2. The Bertz CT molecular complexity index is 1400. The molecule has 1 unspecified atom stereocenters. The maximum Gasteiger partial charge on any atom is 0.271 e. The number of ketones is 1. The molecular weight excluding hydrogens is 430 g/mol. The second-order valence-corrected chi connectivity index (χ2v) is 10.2. The molecule has 0 spiro atoms. The topological polar surface area (TPSA) is 64.3 Å². The van der Waals surface area contributed by atoms with Crippen molar-refractivity contribution in [3.63, 3.8) is 0 Å². The van der Waals surface area contributed by atoms with Crippen molar-refractivity contribution in [3.05, 3.63) is 95.9 Å². The summed E-state index contributed by atoms with van der Waals surface area (Å²) in [5.41, 5.74) is 2.86. The van der Waals surface area contributed by atoms with E-state index in [4.69, 9.17) is 16.6 Å². The predicted octanol–water partition coefficient (Wildman–Crippen LogP) is 3.65. The average Bonchev–Trinajstić information content (AvgIpc) is 3.02. The monoisotopic (exact) mass is 449 g/mol. The molecule has 3 aromatic rings. The molecule has 0 bridgehead atoms. The molecule has 0 radical (unpaired) electrons. The summed E-state index contributed by atoms with van der Waals surface area (Å²) in [6.45, 7) is 4.17. The zero-order valence-electron chi connectivity index (χ0n) is 17.1. The van der Waals surface area contributed by atoms with Crippen LogP contribution in [0.25, 0.3) is 6.08 Å². The van der Waals surface area contributed by atoms with Crippen LogP contribution < -0.4 is 14.9 Å². The van der Waals surface area contributed by atoms with Gasteiger partial charge < -0.3 is 0 Å². The molecule has 0 saturated heterocycles. The van der Waals surface area contributed by atoms with Crippen molar-refractivity contribution in [2.75, 3.05) is 0 Å². The molecule has 3 heterocycles. The molecule has 31 heavy (non-hydrogen) atoms. The normalized spacial score (nSPS) is 20.3. The Labute approximate surface area is 188 Å². The zero-order valence-corrected chi connectivity index (χ0v) is 18.7. The van der Waals surface area contributed by atoms with Crippen molar-refractivity contribution >= 4 is 34.8 Å². The number of fused-ring (bicyclic) bond motifs is 1. The van der Waals surface area contributed by atoms with Crippen molar-refractivity contribution in [2.45, 2.75) is 32.7 Å². The zero-order chi connectivity index (χ0) is 21.8. The first-order valence-corrected chi connectivity index (χ1v) is 11.3. The van der Waals surface area contributed by atoms with E-state index in [9.17, 15) is 9.59 Å². The lowest BCUT2D eigenvalue weighted by Crippen LogP contribution is -2.42. The first-order chi connectivity index (χ1) is 14.8. The Hall–Kier alpha value is -2.83. The summed E-state index contributed by atoms with van der Waals surface area (Å²) in [5.74, 6) is 0.0540. The third kappa shape index (κ3) is 3.60. The van der Waals surface area contributed by atoms with Crippen molar-refractivity contribution in [3.8, 4) is 0 Å². The minimum atomic E-state index is -0.494. The molecule has 5 nitrogen and oxygen atoms in total. The molecule has 1 atom stereocenters. The van der Waals surface area contributed by atoms with Crippen LogP contribution >= 0.6 is 22.9 Å². The smallest absolute Gasteiger partial charge is 0.271 e. The first-order valence-electron chi connectivity index (χ1n) is 10.1. The molecule has 0 saturated carbocycles. The van der Waals surface area contributed by atoms with Crippen LogP contribution in [0.3, 0.4) is 0 Å². The fourth-order valence-electron chi connectivity index (χ4n) is 4.32. The largest absolute Gasteiger partial charge is 0.294 e. The van der Waals surface area contributed by atoms with Crippen molar-refractivity contribution in [1.29, 1.82) is 0 Å². The fraction of sp³-hybridized carbons (Fsp3) is 0.250. The van der Waals surface area contributed by atoms with E-state index >= 15 is 0 Å². The molecule has 7 heteroatoms. The number of rotatable bonds is 2. The number of nitrogens with zero attached hydrogens (tertiary/aromatic N) is 3. The van der Waals surface area contributed by atoms with Crippen LogP contribution in [0.1, 0.15) is 43.9 Å². The third-order valence-electron chi connectivity index (χ3n) is 5.69. The molecule has 156 valence electrons. The Morgan fingerprint density at radius 1 is 1.10 bits per heavy atom. The van der Waals surface area contributed by atoms with E-state index in [1.54, 1.807) is 29.1 Å². The minimum absolute atomic E-state index is 0.0540. The van der Waals surface area contributed by atoms with Crippen LogP contribution in [0, 0.1) is 5.41 Å². The van der Waals surface area contributed by atoms with Crippen LogP contribution in [0.15, 0.2) is 69.8 Å². The summed E-state index contributed by atoms with van der Waals surface area (Å²) >= 11 is 7.46. The Kier molecular flexibility index (Phi) is 4.79. The van der Waals surface area contributed by atoms with E-state index in [1.807, 2.05) is 30.3 Å². The van der Waals surface area contributed by atoms with Crippen molar-refractivity contribution in [2.24, 2.45) is 10.4 Å². The minimum Gasteiger partial charge on any atom is -0.294 e. The number of pyridine rings is 1. The number of hydrogen-bond donors (Lipinski definition) is 0. The first kappa shape index (κ1) is 20.1. The van der Waals surface area contributed by atoms with Gasteiger partial charge in [0.15, 0.2) is 10.6 Å². The SMILES string of the molecule is CC1(C)CC(=O)C2=C(C1)N=c1sc(=Cc3ccncc3)c(=O)n1C2c1ccc(Cl)cc1. The van der Waals surface area contributed by atoms with Gasteiger partial charge >= 0.3 is 0 Å². The summed E-state index contributed by atoms with van der Waals surface area (Å²) < 4.78 is 2.24. The lowest BCUT2D eigenvalue weighted by molar-refractivity contribution is -0.118. The number of halogens is 1. The summed E-state index contributed by atoms with van der Waals surface area (Å²) in [4.78, 5) is 36.2. The summed E-state index contributed by atoms with van der Waals surface area (Å²) in [7, 11) is 0. The van der Waals surface area contributed by atoms with E-state index in [1.165, 1.54) is 11.3 Å². The van der Waals surface area contributed by atoms with E-state index in [-0.39, 0.29) is 16.8 Å². The van der Waals surface area contributed by atoms with Gasteiger partial charge in [0.2, 0.25) is 0 Å². The third-order valence-corrected chi connectivity index (χ3v) is 6.92. The van der Waals surface area contributed by atoms with Crippen LogP contribution in [0.2, 0.25) is 5.02 Å². The van der Waals surface area contributed by atoms with Gasteiger partial charge in [-0.2, -0.15) is 0 Å². The molecule has 2 aliphatic rings. The molecule has 1 aromatic carbocycles. The van der Waals surface area contributed by atoms with Gasteiger partial charge in [0.25, 0.3) is 5.56 Å². The highest BCUT2D eigenvalue weighted by atomic mass is 35.5. The second-order valence-electron chi connectivity index (χ2n) is 8.72. The summed E-state index contributed by atoms with van der Waals surface area (Å²) in [6.07, 6.45) is 6.38. The summed E-state index contributed by atoms with van der Waals surface area (Å²) in [5, 5.41) is 0.610. The van der Waals surface area contributed by atoms with Gasteiger partial charge in [0.05, 0.1) is 16.3 Å². The Balaban J connectivity index is 1.78. The molecule has 0 amide bonds. The molecule has 1 aliphatic heterocycles. The van der Waals surface area contributed by atoms with E-state index in [0.29, 0.717) is 32.8 Å². The van der Waals surface area contributed by atoms with E-state index < -0.39 is 6.04 Å². The highest BCUT2D eigenvalue weighted by Crippen LogP contribution is 2.43. The number of carbonyl (C=O) groups is 1. The number of benzene rings is 1. The van der Waals surface area contributed by atoms with Crippen LogP contribution in [-0.4, -0.2) is 15.3 Å². The number of hydrogen-bond acceptors (Lipinski definition) is 5. The van der Waals surface area contributed by atoms with Gasteiger partial charge in [0.1, 0.15) is 0 Å². The lowest BCUT2D eigenvalue weighted by atomic mass is 9.73. The van der Waals surface area contributed by atoms with Crippen molar-refractivity contribution < 1.29 is 4.79 Å². The molecular formula is C24H20ClN3O2S. The maximum atomic E-state index is 13.5. The lowest BCUT2D eigenvalue weighted by Gasteiger charge is -2.35. The molecule has 0 N–H and O–H groups in total. The standard InChI is InChI=1S/C24H20ClN3O2S/c1-24(2)12-17-20(18(29)13-24)21(15-3-5-16(25)6-4-15)28-22(30)19(31-23(28)27-17)11-14-7-9-26-10-8-14/h3-11,21H,12-13H2,1-2H3. The van der Waals surface area contributed by atoms with Crippen molar-refractivity contribution in [1.82, 2.24) is 9.55 Å². The van der Waals surface area contributed by atoms with Gasteiger partial charge in [-0.05, 0) is 53.3 Å². The van der Waals surface area contributed by atoms with Gasteiger partial charge in [-0.3, -0.25) is 19.1 Å². The van der Waals surface area contributed by atoms with E-state index in [2.05, 4.69) is 18.8 Å². The highest BCUT2D eigenvalue weighted by molar-refractivity contribution is 7.07. The molecule has 0 fully saturated rings. The number of thiazole rings is 1. The summed E-state index contributed by atoms with van der Waals surface area (Å²) in [6, 6.07) is 10.6. The van der Waals surface area contributed by atoms with E-state index in [0.717, 1.165) is 16.8 Å². The average molecular weight is 450 g/mol. The maximum absolute atomic E-state index is 13.5. The van der Waals surface area contributed by atoms with Gasteiger partial charge in [0, 0.05) is 29.4 Å². The Morgan fingerprint density at radius 2 is 1.81 bits per heavy atom. The predicted molar refractivity (Wildman–Crippen MR) is 122 cm³/mol. The number of allylic oxidation sites excluding steroid dienone is 2. The molecule has 2 aromatic heterocycles. The number of carbonyl (C=O) groups excluding carboxylic acids is 1. The van der Waals surface area contributed by atoms with Gasteiger partial charge in [-0.25, -0.2) is 4.99 Å². The van der Waals surface area contributed by atoms with Gasteiger partial charge in [-0.15, -0.1) is 0 Å². The van der Waals surface area contributed by atoms with Crippen LogP contribution in [0.5, 0.6) is 0 Å². The Morgan fingerprint density at radius 3 is 2.52 bits per heavy atom. The number of Topliss-reactive ketones (excluding diaryl/α,β-unsaturated/α-hetero) is 1. The van der Waals surface area contributed by atoms with Gasteiger partial charge in [-0.1, -0.05) is 48.9 Å². The van der Waals surface area contributed by atoms with Crippen LogP contribution in [-0.2, 0) is 4.79 Å².